The van der Waals surface area contributed by atoms with Crippen LogP contribution in [0.3, 0.4) is 0 Å². The van der Waals surface area contributed by atoms with Gasteiger partial charge in [-0.25, -0.2) is 0 Å². The van der Waals surface area contributed by atoms with E-state index in [4.69, 9.17) is 4.74 Å². The zero-order chi connectivity index (χ0) is 22.4. The average Bonchev–Trinajstić information content (AvgIpc) is 2.84. The molecule has 1 amide bonds. The van der Waals surface area contributed by atoms with Crippen LogP contribution < -0.4 is 10.1 Å². The number of carbonyl (C=O) groups is 1. The van der Waals surface area contributed by atoms with Crippen LogP contribution in [0, 0.1) is 0 Å². The van der Waals surface area contributed by atoms with Crippen LogP contribution in [0.15, 0.2) is 72.9 Å². The topological polar surface area (TPSA) is 51.2 Å². The first-order valence-corrected chi connectivity index (χ1v) is 11.8. The lowest BCUT2D eigenvalue weighted by molar-refractivity contribution is 0.0954. The van der Waals surface area contributed by atoms with E-state index < -0.39 is 0 Å². The van der Waals surface area contributed by atoms with Crippen molar-refractivity contribution in [2.45, 2.75) is 51.9 Å². The minimum absolute atomic E-state index is 0.0640. The number of nitrogens with zero attached hydrogens (tertiary/aromatic N) is 1. The van der Waals surface area contributed by atoms with Gasteiger partial charge in [0.25, 0.3) is 5.91 Å². The van der Waals surface area contributed by atoms with Crippen LogP contribution in [-0.4, -0.2) is 24.0 Å². The highest BCUT2D eigenvalue weighted by atomic mass is 16.5. The molecule has 0 aliphatic rings. The van der Waals surface area contributed by atoms with Crippen LogP contribution in [0.5, 0.6) is 5.75 Å². The van der Waals surface area contributed by atoms with Crippen LogP contribution in [-0.2, 0) is 6.42 Å². The fourth-order valence-corrected chi connectivity index (χ4v) is 3.58. The van der Waals surface area contributed by atoms with Gasteiger partial charge in [0.05, 0.1) is 6.61 Å². The number of nitrogens with one attached hydrogen (secondary N) is 1. The molecule has 0 unspecified atom stereocenters. The van der Waals surface area contributed by atoms with Gasteiger partial charge in [-0.2, -0.15) is 0 Å². The van der Waals surface area contributed by atoms with Crippen molar-refractivity contribution in [3.63, 3.8) is 0 Å². The number of carbonyl (C=O) groups excluding carboxylic acids is 1. The molecule has 0 spiro atoms. The Bertz CT molecular complexity index is 922. The van der Waals surface area contributed by atoms with E-state index in [1.807, 2.05) is 54.6 Å². The molecule has 32 heavy (non-hydrogen) atoms. The Hall–Kier alpha value is -3.14. The van der Waals surface area contributed by atoms with Gasteiger partial charge in [-0.15, -0.1) is 0 Å². The van der Waals surface area contributed by atoms with E-state index >= 15 is 0 Å². The molecule has 0 saturated heterocycles. The largest absolute Gasteiger partial charge is 0.494 e. The number of ether oxygens (including phenoxy) is 1. The number of rotatable bonds is 13. The molecule has 1 N–H and O–H groups in total. The minimum Gasteiger partial charge on any atom is -0.494 e. The first kappa shape index (κ1) is 23.5. The molecule has 0 aliphatic carbocycles. The van der Waals surface area contributed by atoms with Gasteiger partial charge < -0.3 is 10.1 Å². The van der Waals surface area contributed by atoms with Crippen molar-refractivity contribution in [2.75, 3.05) is 13.2 Å². The number of amides is 1. The number of aromatic nitrogens is 1. The van der Waals surface area contributed by atoms with Gasteiger partial charge in [0.2, 0.25) is 0 Å². The Morgan fingerprint density at radius 2 is 1.53 bits per heavy atom. The highest BCUT2D eigenvalue weighted by molar-refractivity contribution is 5.94. The van der Waals surface area contributed by atoms with Crippen LogP contribution >= 0.6 is 0 Å². The lowest BCUT2D eigenvalue weighted by Gasteiger charge is -2.09. The van der Waals surface area contributed by atoms with E-state index in [1.54, 1.807) is 6.20 Å². The third-order valence-corrected chi connectivity index (χ3v) is 5.49. The number of hydrogen-bond donors (Lipinski definition) is 1. The first-order chi connectivity index (χ1) is 15.8. The lowest BCUT2D eigenvalue weighted by atomic mass is 10.0. The van der Waals surface area contributed by atoms with Crippen molar-refractivity contribution in [3.8, 4) is 16.9 Å². The predicted molar refractivity (Wildman–Crippen MR) is 131 cm³/mol. The summed E-state index contributed by atoms with van der Waals surface area (Å²) in [6.07, 6.45) is 10.1. The number of hydrogen-bond acceptors (Lipinski definition) is 3. The molecular weight excluding hydrogens is 396 g/mol. The van der Waals surface area contributed by atoms with Crippen molar-refractivity contribution in [3.05, 3.63) is 84.2 Å². The van der Waals surface area contributed by atoms with Gasteiger partial charge in [-0.3, -0.25) is 9.78 Å². The summed E-state index contributed by atoms with van der Waals surface area (Å²) in [6, 6.07) is 21.7. The zero-order valence-corrected chi connectivity index (χ0v) is 19.1. The van der Waals surface area contributed by atoms with Gasteiger partial charge in [0, 0.05) is 30.4 Å². The predicted octanol–water partition coefficient (Wildman–Crippen LogP) is 6.46. The summed E-state index contributed by atoms with van der Waals surface area (Å²) in [7, 11) is 0. The summed E-state index contributed by atoms with van der Waals surface area (Å²) in [4.78, 5) is 16.7. The van der Waals surface area contributed by atoms with Crippen molar-refractivity contribution in [1.29, 1.82) is 0 Å². The second-order valence-corrected chi connectivity index (χ2v) is 8.04. The number of pyridine rings is 1. The summed E-state index contributed by atoms with van der Waals surface area (Å²) in [5, 5.41) is 2.96. The standard InChI is InChI=1S/C28H34N2O2/c1-2-3-4-5-6-9-22-32-27-17-15-24(16-18-27)23-11-13-25(14-12-23)28(31)30-21-19-26-10-7-8-20-29-26/h7-8,10-18,20H,2-6,9,19,21-22H2,1H3,(H,30,31). The van der Waals surface area contributed by atoms with Crippen LogP contribution in [0.2, 0.25) is 0 Å². The normalized spacial score (nSPS) is 10.7. The average molecular weight is 431 g/mol. The maximum absolute atomic E-state index is 12.4. The molecule has 1 aromatic heterocycles. The molecule has 0 radical (unpaired) electrons. The highest BCUT2D eigenvalue weighted by Gasteiger charge is 2.06. The summed E-state index contributed by atoms with van der Waals surface area (Å²) in [6.45, 7) is 3.58. The fourth-order valence-electron chi connectivity index (χ4n) is 3.58. The molecule has 4 nitrogen and oxygen atoms in total. The first-order valence-electron chi connectivity index (χ1n) is 11.8. The molecular formula is C28H34N2O2. The molecule has 0 fully saturated rings. The Morgan fingerprint density at radius 3 is 2.22 bits per heavy atom. The van der Waals surface area contributed by atoms with Crippen molar-refractivity contribution in [1.82, 2.24) is 10.3 Å². The van der Waals surface area contributed by atoms with Gasteiger partial charge in [-0.1, -0.05) is 69.4 Å². The van der Waals surface area contributed by atoms with E-state index in [-0.39, 0.29) is 5.91 Å². The molecule has 0 bridgehead atoms. The van der Waals surface area contributed by atoms with Crippen LogP contribution in [0.4, 0.5) is 0 Å². The fraction of sp³-hybridized carbons (Fsp3) is 0.357. The van der Waals surface area contributed by atoms with Crippen molar-refractivity contribution in [2.24, 2.45) is 0 Å². The second kappa shape index (κ2) is 13.3. The molecule has 1 heterocycles. The van der Waals surface area contributed by atoms with E-state index in [1.165, 1.54) is 32.1 Å². The Labute approximate surface area is 192 Å². The SMILES string of the molecule is CCCCCCCCOc1ccc(-c2ccc(C(=O)NCCc3ccccn3)cc2)cc1. The summed E-state index contributed by atoms with van der Waals surface area (Å²) in [5.41, 5.74) is 3.83. The molecule has 0 atom stereocenters. The van der Waals surface area contributed by atoms with Gasteiger partial charge in [0.1, 0.15) is 5.75 Å². The maximum Gasteiger partial charge on any atom is 0.251 e. The Balaban J connectivity index is 1.42. The number of benzene rings is 2. The quantitative estimate of drug-likeness (QED) is 0.317. The second-order valence-electron chi connectivity index (χ2n) is 8.04. The molecule has 0 saturated carbocycles. The maximum atomic E-state index is 12.4. The molecule has 2 aromatic carbocycles. The summed E-state index contributed by atoms with van der Waals surface area (Å²) >= 11 is 0. The van der Waals surface area contributed by atoms with Crippen molar-refractivity contribution < 1.29 is 9.53 Å². The molecule has 168 valence electrons. The lowest BCUT2D eigenvalue weighted by Crippen LogP contribution is -2.25. The van der Waals surface area contributed by atoms with Crippen molar-refractivity contribution >= 4 is 5.91 Å². The monoisotopic (exact) mass is 430 g/mol. The van der Waals surface area contributed by atoms with Gasteiger partial charge >= 0.3 is 0 Å². The summed E-state index contributed by atoms with van der Waals surface area (Å²) in [5.74, 6) is 0.845. The van der Waals surface area contributed by atoms with E-state index in [9.17, 15) is 4.79 Å². The van der Waals surface area contributed by atoms with Gasteiger partial charge in [-0.05, 0) is 53.9 Å². The number of unbranched alkanes of at least 4 members (excludes halogenated alkanes) is 5. The van der Waals surface area contributed by atoms with E-state index in [0.717, 1.165) is 42.0 Å². The smallest absolute Gasteiger partial charge is 0.251 e. The Kier molecular flexibility index (Phi) is 9.78. The zero-order valence-electron chi connectivity index (χ0n) is 19.1. The molecule has 3 aromatic rings. The van der Waals surface area contributed by atoms with E-state index in [0.29, 0.717) is 12.1 Å². The molecule has 0 aliphatic heterocycles. The summed E-state index contributed by atoms with van der Waals surface area (Å²) < 4.78 is 5.87. The van der Waals surface area contributed by atoms with Gasteiger partial charge in [0.15, 0.2) is 0 Å². The van der Waals surface area contributed by atoms with Crippen LogP contribution in [0.1, 0.15) is 61.5 Å². The third-order valence-electron chi connectivity index (χ3n) is 5.49. The molecule has 4 heteroatoms. The van der Waals surface area contributed by atoms with E-state index in [2.05, 4.69) is 29.4 Å². The Morgan fingerprint density at radius 1 is 0.844 bits per heavy atom. The minimum atomic E-state index is -0.0640. The highest BCUT2D eigenvalue weighted by Crippen LogP contribution is 2.23. The molecule has 3 rings (SSSR count). The van der Waals surface area contributed by atoms with Crippen LogP contribution in [0.25, 0.3) is 11.1 Å². The third kappa shape index (κ3) is 7.84.